The highest BCUT2D eigenvalue weighted by Gasteiger charge is 2.16. The van der Waals surface area contributed by atoms with E-state index in [1.165, 1.54) is 34.9 Å². The summed E-state index contributed by atoms with van der Waals surface area (Å²) in [6.45, 7) is 1.57. The van der Waals surface area contributed by atoms with Crippen molar-refractivity contribution in [2.45, 2.75) is 32.6 Å². The summed E-state index contributed by atoms with van der Waals surface area (Å²) in [5, 5.41) is 3.34. The van der Waals surface area contributed by atoms with Gasteiger partial charge in [0.05, 0.1) is 5.69 Å². The van der Waals surface area contributed by atoms with Gasteiger partial charge in [-0.25, -0.2) is 4.98 Å². The Morgan fingerprint density at radius 3 is 3.05 bits per heavy atom. The molecule has 0 aliphatic heterocycles. The second kappa shape index (κ2) is 6.31. The molecule has 22 heavy (non-hydrogen) atoms. The second-order valence-electron chi connectivity index (χ2n) is 5.28. The lowest BCUT2D eigenvalue weighted by atomic mass is 10.0. The lowest BCUT2D eigenvalue weighted by Crippen LogP contribution is -2.22. The van der Waals surface area contributed by atoms with Gasteiger partial charge in [-0.05, 0) is 32.6 Å². The first-order valence-electron chi connectivity index (χ1n) is 7.22. The molecule has 2 aromatic rings. The van der Waals surface area contributed by atoms with Crippen molar-refractivity contribution in [1.82, 2.24) is 9.97 Å². The van der Waals surface area contributed by atoms with Crippen LogP contribution in [0.4, 0.5) is 5.13 Å². The van der Waals surface area contributed by atoms with Gasteiger partial charge in [0.25, 0.3) is 5.91 Å². The molecule has 0 bridgehead atoms. The van der Waals surface area contributed by atoms with E-state index in [0.717, 1.165) is 30.7 Å². The third-order valence-corrected chi connectivity index (χ3v) is 4.55. The molecule has 1 amide bonds. The van der Waals surface area contributed by atoms with Crippen LogP contribution >= 0.6 is 11.3 Å². The number of amides is 1. The number of aromatic amines is 1. The van der Waals surface area contributed by atoms with Crippen LogP contribution in [0.2, 0.25) is 0 Å². The van der Waals surface area contributed by atoms with Gasteiger partial charge in [0.15, 0.2) is 17.5 Å². The highest BCUT2D eigenvalue weighted by atomic mass is 32.1. The normalized spacial score (nSPS) is 13.5. The number of carbonyl (C=O) groups is 1. The summed E-state index contributed by atoms with van der Waals surface area (Å²) >= 11 is 1.52. The van der Waals surface area contributed by atoms with Crippen molar-refractivity contribution in [3.8, 4) is 5.75 Å². The van der Waals surface area contributed by atoms with Crippen molar-refractivity contribution in [1.29, 1.82) is 0 Å². The largest absolute Gasteiger partial charge is 0.478 e. The minimum atomic E-state index is -0.314. The molecule has 1 aliphatic carbocycles. The molecule has 0 radical (unpaired) electrons. The van der Waals surface area contributed by atoms with Crippen molar-refractivity contribution in [3.63, 3.8) is 0 Å². The average Bonchev–Trinajstić information content (AvgIpc) is 2.88. The minimum Gasteiger partial charge on any atom is -0.478 e. The first-order chi connectivity index (χ1) is 10.6. The number of aryl methyl sites for hydroxylation is 3. The fourth-order valence-electron chi connectivity index (χ4n) is 2.38. The average molecular weight is 319 g/mol. The van der Waals surface area contributed by atoms with Gasteiger partial charge in [0.2, 0.25) is 5.43 Å². The van der Waals surface area contributed by atoms with Gasteiger partial charge in [-0.3, -0.25) is 14.9 Å². The fraction of sp³-hybridized carbons (Fsp3) is 0.400. The standard InChI is InChI=1S/C15H17N3O3S/c1-9-6-11(19)12(7-16-9)21-8-14(20)18-15-17-10-4-2-3-5-13(10)22-15/h6-7H,2-5,8H2,1H3,(H,16,19)(H,17,18,20). The Balaban J connectivity index is 1.58. The molecular formula is C15H17N3O3S. The molecule has 7 heteroatoms. The van der Waals surface area contributed by atoms with E-state index in [1.807, 2.05) is 0 Å². The molecule has 0 atom stereocenters. The first-order valence-corrected chi connectivity index (χ1v) is 8.04. The van der Waals surface area contributed by atoms with Gasteiger partial charge in [0.1, 0.15) is 0 Å². The van der Waals surface area contributed by atoms with Crippen LogP contribution in [0.25, 0.3) is 0 Å². The molecule has 0 spiro atoms. The molecule has 6 nitrogen and oxygen atoms in total. The summed E-state index contributed by atoms with van der Waals surface area (Å²) in [5.41, 5.74) is 1.60. The van der Waals surface area contributed by atoms with Crippen LogP contribution in [0.15, 0.2) is 17.1 Å². The number of pyridine rings is 1. The molecule has 3 rings (SSSR count). The van der Waals surface area contributed by atoms with Crippen molar-refractivity contribution in [3.05, 3.63) is 38.8 Å². The Morgan fingerprint density at radius 1 is 1.45 bits per heavy atom. The van der Waals surface area contributed by atoms with Crippen LogP contribution < -0.4 is 15.5 Å². The molecule has 2 heterocycles. The van der Waals surface area contributed by atoms with Crippen molar-refractivity contribution >= 4 is 22.4 Å². The Kier molecular flexibility index (Phi) is 4.24. The number of hydrogen-bond acceptors (Lipinski definition) is 5. The number of rotatable bonds is 4. The third-order valence-electron chi connectivity index (χ3n) is 3.47. The number of anilines is 1. The van der Waals surface area contributed by atoms with E-state index in [1.54, 1.807) is 6.92 Å². The summed E-state index contributed by atoms with van der Waals surface area (Å²) in [5.74, 6) is -0.176. The Labute approximate surface area is 131 Å². The summed E-state index contributed by atoms with van der Waals surface area (Å²) in [4.78, 5) is 32.1. The van der Waals surface area contributed by atoms with Crippen molar-refractivity contribution in [2.75, 3.05) is 11.9 Å². The number of ether oxygens (including phenoxy) is 1. The zero-order valence-electron chi connectivity index (χ0n) is 12.3. The van der Waals surface area contributed by atoms with E-state index in [-0.39, 0.29) is 23.7 Å². The predicted molar refractivity (Wildman–Crippen MR) is 84.7 cm³/mol. The van der Waals surface area contributed by atoms with Gasteiger partial charge in [0, 0.05) is 22.8 Å². The van der Waals surface area contributed by atoms with Gasteiger partial charge in [-0.1, -0.05) is 0 Å². The topological polar surface area (TPSA) is 84.1 Å². The number of thiazole rings is 1. The highest BCUT2D eigenvalue weighted by molar-refractivity contribution is 7.15. The van der Waals surface area contributed by atoms with E-state index >= 15 is 0 Å². The van der Waals surface area contributed by atoms with Crippen LogP contribution in [0, 0.1) is 6.92 Å². The quantitative estimate of drug-likeness (QED) is 0.903. The van der Waals surface area contributed by atoms with Crippen LogP contribution in [-0.4, -0.2) is 22.5 Å². The molecule has 1 aliphatic rings. The van der Waals surface area contributed by atoms with E-state index in [9.17, 15) is 9.59 Å². The number of hydrogen-bond donors (Lipinski definition) is 2. The third kappa shape index (κ3) is 3.36. The maximum absolute atomic E-state index is 11.9. The first kappa shape index (κ1) is 14.8. The van der Waals surface area contributed by atoms with Gasteiger partial charge in [-0.15, -0.1) is 11.3 Å². The minimum absolute atomic E-state index is 0.138. The van der Waals surface area contributed by atoms with Crippen LogP contribution in [0.1, 0.15) is 29.1 Å². The second-order valence-corrected chi connectivity index (χ2v) is 6.36. The van der Waals surface area contributed by atoms with Crippen molar-refractivity contribution < 1.29 is 9.53 Å². The number of H-pyrrole nitrogens is 1. The molecular weight excluding hydrogens is 302 g/mol. The molecule has 0 aromatic carbocycles. The summed E-state index contributed by atoms with van der Waals surface area (Å²) < 4.78 is 5.25. The zero-order chi connectivity index (χ0) is 15.5. The maximum Gasteiger partial charge on any atom is 0.264 e. The van der Waals surface area contributed by atoms with Gasteiger partial charge in [-0.2, -0.15) is 0 Å². The van der Waals surface area contributed by atoms with E-state index in [2.05, 4.69) is 15.3 Å². The van der Waals surface area contributed by atoms with E-state index < -0.39 is 0 Å². The zero-order valence-corrected chi connectivity index (χ0v) is 13.1. The number of nitrogens with one attached hydrogen (secondary N) is 2. The number of aromatic nitrogens is 2. The van der Waals surface area contributed by atoms with Crippen LogP contribution in [0.5, 0.6) is 5.75 Å². The van der Waals surface area contributed by atoms with Crippen molar-refractivity contribution in [2.24, 2.45) is 0 Å². The van der Waals surface area contributed by atoms with Crippen LogP contribution in [-0.2, 0) is 17.6 Å². The molecule has 0 saturated heterocycles. The predicted octanol–water partition coefficient (Wildman–Crippen LogP) is 2.04. The fourth-order valence-corrected chi connectivity index (χ4v) is 3.44. The van der Waals surface area contributed by atoms with E-state index in [4.69, 9.17) is 4.74 Å². The number of fused-ring (bicyclic) bond motifs is 1. The van der Waals surface area contributed by atoms with Crippen LogP contribution in [0.3, 0.4) is 0 Å². The Morgan fingerprint density at radius 2 is 2.27 bits per heavy atom. The SMILES string of the molecule is Cc1cc(=O)c(OCC(=O)Nc2nc3c(s2)CCCC3)c[nH]1. The Bertz CT molecular complexity index is 727. The molecule has 2 N–H and O–H groups in total. The smallest absolute Gasteiger partial charge is 0.264 e. The lowest BCUT2D eigenvalue weighted by Gasteiger charge is -2.06. The maximum atomic E-state index is 11.9. The van der Waals surface area contributed by atoms with Gasteiger partial charge < -0.3 is 9.72 Å². The Hall–Kier alpha value is -2.15. The summed E-state index contributed by atoms with van der Waals surface area (Å²) in [6.07, 6.45) is 5.83. The lowest BCUT2D eigenvalue weighted by molar-refractivity contribution is -0.118. The number of nitrogens with zero attached hydrogens (tertiary/aromatic N) is 1. The molecule has 2 aromatic heterocycles. The number of carbonyl (C=O) groups excluding carboxylic acids is 1. The molecule has 0 saturated carbocycles. The highest BCUT2D eigenvalue weighted by Crippen LogP contribution is 2.29. The summed E-state index contributed by atoms with van der Waals surface area (Å²) in [6, 6.07) is 1.43. The molecule has 0 unspecified atom stereocenters. The molecule has 0 fully saturated rings. The van der Waals surface area contributed by atoms with Gasteiger partial charge >= 0.3 is 0 Å². The van der Waals surface area contributed by atoms with E-state index in [0.29, 0.717) is 5.13 Å². The molecule has 116 valence electrons. The summed E-state index contributed by atoms with van der Waals surface area (Å²) in [7, 11) is 0. The monoisotopic (exact) mass is 319 g/mol.